The molecule has 1 aliphatic heterocycles. The molecule has 2 fully saturated rings. The second kappa shape index (κ2) is 9.87. The number of aromatic nitrogens is 2. The van der Waals surface area contributed by atoms with E-state index in [1.165, 1.54) is 23.9 Å². The lowest BCUT2D eigenvalue weighted by atomic mass is 10.1. The van der Waals surface area contributed by atoms with Crippen LogP contribution in [-0.4, -0.2) is 71.9 Å². The number of rotatable bonds is 9. The quantitative estimate of drug-likeness (QED) is 0.420. The fraction of sp³-hybridized carbons (Fsp3) is 0.550. The van der Waals surface area contributed by atoms with Gasteiger partial charge in [0, 0.05) is 37.7 Å². The van der Waals surface area contributed by atoms with E-state index in [1.54, 1.807) is 16.3 Å². The third-order valence-electron chi connectivity index (χ3n) is 5.93. The summed E-state index contributed by atoms with van der Waals surface area (Å²) >= 11 is 1.22. The second-order valence-corrected chi connectivity index (χ2v) is 10.8. The molecule has 3 heterocycles. The van der Waals surface area contributed by atoms with Gasteiger partial charge >= 0.3 is 10.3 Å². The fourth-order valence-corrected chi connectivity index (χ4v) is 5.52. The summed E-state index contributed by atoms with van der Waals surface area (Å²) in [6.45, 7) is 0.124. The highest BCUT2D eigenvalue weighted by Gasteiger charge is 2.38. The normalized spacial score (nSPS) is 25.0. The Labute approximate surface area is 199 Å². The first kappa shape index (κ1) is 25.0. The van der Waals surface area contributed by atoms with Crippen molar-refractivity contribution in [3.63, 3.8) is 0 Å². The first-order chi connectivity index (χ1) is 16.0. The molecule has 0 aromatic carbocycles. The number of halogens is 2. The summed E-state index contributed by atoms with van der Waals surface area (Å²) in [5.41, 5.74) is 1.02. The molecule has 14 heteroatoms. The van der Waals surface area contributed by atoms with Crippen LogP contribution in [0.1, 0.15) is 40.1 Å². The van der Waals surface area contributed by atoms with E-state index in [9.17, 15) is 27.1 Å². The van der Waals surface area contributed by atoms with E-state index in [0.717, 1.165) is 5.56 Å². The first-order valence-corrected chi connectivity index (χ1v) is 13.0. The predicted molar refractivity (Wildman–Crippen MR) is 120 cm³/mol. The first-order valence-electron chi connectivity index (χ1n) is 10.6. The van der Waals surface area contributed by atoms with Crippen LogP contribution in [0.3, 0.4) is 0 Å². The van der Waals surface area contributed by atoms with Crippen molar-refractivity contribution >= 4 is 33.2 Å². The van der Waals surface area contributed by atoms with Crippen LogP contribution in [0.2, 0.25) is 0 Å². The summed E-state index contributed by atoms with van der Waals surface area (Å²) in [6, 6.07) is 1.42. The summed E-state index contributed by atoms with van der Waals surface area (Å²) in [4.78, 5) is 23.4. The van der Waals surface area contributed by atoms with Crippen molar-refractivity contribution in [3.8, 4) is 0 Å². The van der Waals surface area contributed by atoms with Gasteiger partial charge < -0.3 is 10.4 Å². The number of carbonyl (C=O) groups excluding carboxylic acids is 1. The van der Waals surface area contributed by atoms with Crippen LogP contribution >= 0.6 is 11.3 Å². The smallest absolute Gasteiger partial charge is 0.333 e. The van der Waals surface area contributed by atoms with E-state index in [2.05, 4.69) is 19.5 Å². The molecule has 4 N–H and O–H groups in total. The Morgan fingerprint density at radius 1 is 1.41 bits per heavy atom. The fourth-order valence-electron chi connectivity index (χ4n) is 4.30. The standard InChI is InChI=1S/C20H25F2N5O5S2/c21-20(22)1-2-27(10-20)7-12-3-17(33-9-12)18(29)15-6-24-11-25-19(15)26-14-4-13(16(28)5-14)8-32-34(23,30)31/h3,6,9,11,13-14,16,28H,1-2,4-5,7-8,10H2,(H2,23,30,31)(H,24,25,26)/t13-,14-,16+/m1/s1. The van der Waals surface area contributed by atoms with Gasteiger partial charge in [-0.1, -0.05) is 0 Å². The number of aliphatic hydroxyl groups is 1. The van der Waals surface area contributed by atoms with Crippen LogP contribution in [0.4, 0.5) is 14.6 Å². The molecule has 1 aliphatic carbocycles. The van der Waals surface area contributed by atoms with Crippen LogP contribution in [0.25, 0.3) is 0 Å². The molecule has 3 atom stereocenters. The number of ketones is 1. The largest absolute Gasteiger partial charge is 0.393 e. The van der Waals surface area contributed by atoms with Gasteiger partial charge in [-0.05, 0) is 29.9 Å². The van der Waals surface area contributed by atoms with Crippen molar-refractivity contribution in [2.24, 2.45) is 11.1 Å². The van der Waals surface area contributed by atoms with Crippen molar-refractivity contribution in [1.82, 2.24) is 14.9 Å². The number of hydrogen-bond donors (Lipinski definition) is 3. The lowest BCUT2D eigenvalue weighted by molar-refractivity contribution is 0.0115. The number of thiophene rings is 1. The van der Waals surface area contributed by atoms with Gasteiger partial charge in [-0.3, -0.25) is 13.9 Å². The van der Waals surface area contributed by atoms with E-state index in [-0.39, 0.29) is 37.0 Å². The number of nitrogens with one attached hydrogen (secondary N) is 1. The average Bonchev–Trinajstić information content (AvgIpc) is 3.45. The highest BCUT2D eigenvalue weighted by molar-refractivity contribution is 7.84. The number of nitrogens with two attached hydrogens (primary N) is 1. The average molecular weight is 518 g/mol. The Hall–Kier alpha value is -2.10. The van der Waals surface area contributed by atoms with Crippen molar-refractivity contribution < 1.29 is 31.3 Å². The zero-order valence-electron chi connectivity index (χ0n) is 18.1. The van der Waals surface area contributed by atoms with Gasteiger partial charge in [-0.15, -0.1) is 11.3 Å². The summed E-state index contributed by atoms with van der Waals surface area (Å²) in [7, 11) is -4.11. The van der Waals surface area contributed by atoms with Crippen molar-refractivity contribution in [2.45, 2.75) is 43.9 Å². The van der Waals surface area contributed by atoms with Gasteiger partial charge in [0.25, 0.3) is 5.92 Å². The SMILES string of the molecule is NS(=O)(=O)OC[C@H]1C[C@@H](Nc2ncncc2C(=O)c2cc(CN3CCC(F)(F)C3)cs2)C[C@@H]1O. The zero-order valence-corrected chi connectivity index (χ0v) is 19.7. The summed E-state index contributed by atoms with van der Waals surface area (Å²) in [5, 5.41) is 20.0. The molecular weight excluding hydrogens is 492 g/mol. The number of nitrogens with zero attached hydrogens (tertiary/aromatic N) is 3. The van der Waals surface area contributed by atoms with E-state index >= 15 is 0 Å². The van der Waals surface area contributed by atoms with E-state index < -0.39 is 28.2 Å². The van der Waals surface area contributed by atoms with Crippen molar-refractivity contribution in [2.75, 3.05) is 25.0 Å². The van der Waals surface area contributed by atoms with Gasteiger partial charge in [0.15, 0.2) is 0 Å². The molecule has 10 nitrogen and oxygen atoms in total. The molecule has 34 heavy (non-hydrogen) atoms. The van der Waals surface area contributed by atoms with Crippen LogP contribution in [0.5, 0.6) is 0 Å². The molecule has 4 rings (SSSR count). The minimum Gasteiger partial charge on any atom is -0.393 e. The molecule has 0 bridgehead atoms. The van der Waals surface area contributed by atoms with Crippen LogP contribution in [0, 0.1) is 5.92 Å². The lowest BCUT2D eigenvalue weighted by Crippen LogP contribution is -2.24. The molecular formula is C20H25F2N5O5S2. The Balaban J connectivity index is 1.41. The molecule has 1 saturated carbocycles. The van der Waals surface area contributed by atoms with Gasteiger partial charge in [0.1, 0.15) is 12.1 Å². The molecule has 0 radical (unpaired) electrons. The third kappa shape index (κ3) is 6.31. The number of likely N-dealkylation sites (tertiary alicyclic amines) is 1. The Morgan fingerprint density at radius 2 is 2.21 bits per heavy atom. The molecule has 2 aliphatic rings. The molecule has 2 aromatic heterocycles. The second-order valence-electron chi connectivity index (χ2n) is 8.67. The maximum absolute atomic E-state index is 13.4. The topological polar surface area (TPSA) is 148 Å². The monoisotopic (exact) mass is 517 g/mol. The lowest BCUT2D eigenvalue weighted by Gasteiger charge is -2.15. The van der Waals surface area contributed by atoms with E-state index in [4.69, 9.17) is 5.14 Å². The Bertz CT molecular complexity index is 1150. The summed E-state index contributed by atoms with van der Waals surface area (Å²) in [5.74, 6) is -3.14. The Kier molecular flexibility index (Phi) is 7.26. The predicted octanol–water partition coefficient (Wildman–Crippen LogP) is 1.38. The summed E-state index contributed by atoms with van der Waals surface area (Å²) in [6.07, 6.45) is 2.41. The molecule has 0 amide bonds. The summed E-state index contributed by atoms with van der Waals surface area (Å²) < 4.78 is 53.5. The van der Waals surface area contributed by atoms with Crippen LogP contribution in [-0.2, 0) is 21.0 Å². The number of carbonyl (C=O) groups is 1. The number of aliphatic hydroxyl groups excluding tert-OH is 1. The number of hydrogen-bond acceptors (Lipinski definition) is 10. The minimum absolute atomic E-state index is 0.163. The van der Waals surface area contributed by atoms with Crippen LogP contribution < -0.4 is 10.5 Å². The van der Waals surface area contributed by atoms with Gasteiger partial charge in [0.05, 0.1) is 29.7 Å². The van der Waals surface area contributed by atoms with Gasteiger partial charge in [0.2, 0.25) is 5.78 Å². The molecule has 186 valence electrons. The molecule has 2 aromatic rings. The van der Waals surface area contributed by atoms with E-state index in [0.29, 0.717) is 36.6 Å². The highest BCUT2D eigenvalue weighted by atomic mass is 32.2. The van der Waals surface area contributed by atoms with Crippen LogP contribution in [0.15, 0.2) is 24.0 Å². The molecule has 1 saturated heterocycles. The molecule has 0 spiro atoms. The third-order valence-corrected chi connectivity index (χ3v) is 7.38. The maximum Gasteiger partial charge on any atom is 0.333 e. The Morgan fingerprint density at radius 3 is 2.91 bits per heavy atom. The van der Waals surface area contributed by atoms with Crippen molar-refractivity contribution in [1.29, 1.82) is 0 Å². The molecule has 0 unspecified atom stereocenters. The van der Waals surface area contributed by atoms with Gasteiger partial charge in [-0.2, -0.15) is 8.42 Å². The van der Waals surface area contributed by atoms with Gasteiger partial charge in [-0.25, -0.2) is 23.9 Å². The number of anilines is 1. The zero-order chi connectivity index (χ0) is 24.5. The number of alkyl halides is 2. The van der Waals surface area contributed by atoms with Crippen molar-refractivity contribution in [3.05, 3.63) is 40.0 Å². The van der Waals surface area contributed by atoms with E-state index in [1.807, 2.05) is 0 Å². The minimum atomic E-state index is -4.11. The maximum atomic E-state index is 13.4. The highest BCUT2D eigenvalue weighted by Crippen LogP contribution is 2.31.